The summed E-state index contributed by atoms with van der Waals surface area (Å²) in [6.45, 7) is 4.41. The lowest BCUT2D eigenvalue weighted by Gasteiger charge is -2.22. The van der Waals surface area contributed by atoms with E-state index in [0.717, 1.165) is 25.7 Å². The van der Waals surface area contributed by atoms with Gasteiger partial charge in [-0.25, -0.2) is 0 Å². The van der Waals surface area contributed by atoms with Crippen molar-refractivity contribution in [3.63, 3.8) is 0 Å². The maximum absolute atomic E-state index is 12.6. The third-order valence-corrected chi connectivity index (χ3v) is 17.0. The summed E-state index contributed by atoms with van der Waals surface area (Å²) in [5.74, 6) is -0.0202. The number of unbranched alkanes of at least 4 members (excludes halogenated alkanes) is 58. The molecule has 2 atom stereocenters. The molecule has 3 N–H and O–H groups in total. The maximum atomic E-state index is 12.6. The average molecular weight is 1060 g/mol. The molecule has 0 aromatic heterocycles. The molecule has 0 rings (SSSR count). The summed E-state index contributed by atoms with van der Waals surface area (Å²) in [6, 6.07) is -0.534. The molecule has 0 heterocycles. The van der Waals surface area contributed by atoms with Crippen LogP contribution in [0, 0.1) is 0 Å². The Bertz CT molecular complexity index is 1060. The first-order chi connectivity index (χ1) is 37.2. The van der Waals surface area contributed by atoms with Crippen molar-refractivity contribution < 1.29 is 15.0 Å². The molecule has 0 aliphatic carbocycles. The Morgan fingerprint density at radius 2 is 0.507 bits per heavy atom. The number of allylic oxidation sites excluding steroid dienone is 2. The lowest BCUT2D eigenvalue weighted by Crippen LogP contribution is -2.45. The zero-order valence-corrected chi connectivity index (χ0v) is 51.9. The molecular weight excluding hydrogens is 915 g/mol. The quantitative estimate of drug-likeness (QED) is 0.0420. The molecule has 1 amide bonds. The highest BCUT2D eigenvalue weighted by atomic mass is 16.3. The van der Waals surface area contributed by atoms with Crippen molar-refractivity contribution in [1.82, 2.24) is 5.32 Å². The second-order valence-electron chi connectivity index (χ2n) is 24.7. The van der Waals surface area contributed by atoms with Gasteiger partial charge in [-0.3, -0.25) is 4.79 Å². The van der Waals surface area contributed by atoms with Gasteiger partial charge in [0.05, 0.1) is 18.8 Å². The number of aliphatic hydroxyl groups is 2. The number of amides is 1. The van der Waals surface area contributed by atoms with Gasteiger partial charge >= 0.3 is 0 Å². The van der Waals surface area contributed by atoms with Gasteiger partial charge in [0.25, 0.3) is 0 Å². The molecule has 4 heteroatoms. The topological polar surface area (TPSA) is 69.6 Å². The van der Waals surface area contributed by atoms with Crippen LogP contribution in [-0.2, 0) is 4.79 Å². The second kappa shape index (κ2) is 67.4. The number of carbonyl (C=O) groups excluding carboxylic acids is 1. The predicted molar refractivity (Wildman–Crippen MR) is 336 cm³/mol. The Kier molecular flexibility index (Phi) is 66.6. The number of carbonyl (C=O) groups is 1. The second-order valence-corrected chi connectivity index (χ2v) is 24.7. The van der Waals surface area contributed by atoms with Crippen LogP contribution in [0.3, 0.4) is 0 Å². The van der Waals surface area contributed by atoms with Crippen molar-refractivity contribution in [2.45, 2.75) is 431 Å². The molecular formula is C71H141NO3. The summed E-state index contributed by atoms with van der Waals surface area (Å²) >= 11 is 0. The van der Waals surface area contributed by atoms with Crippen LogP contribution in [0.5, 0.6) is 0 Å². The lowest BCUT2D eigenvalue weighted by molar-refractivity contribution is -0.123. The van der Waals surface area contributed by atoms with Crippen molar-refractivity contribution in [1.29, 1.82) is 0 Å². The molecule has 0 aromatic carbocycles. The lowest BCUT2D eigenvalue weighted by atomic mass is 10.0. The molecule has 4 nitrogen and oxygen atoms in total. The molecule has 75 heavy (non-hydrogen) atoms. The van der Waals surface area contributed by atoms with E-state index < -0.39 is 12.1 Å². The molecule has 0 saturated carbocycles. The molecule has 0 aromatic rings. The van der Waals surface area contributed by atoms with Gasteiger partial charge in [0.15, 0.2) is 0 Å². The van der Waals surface area contributed by atoms with Crippen LogP contribution < -0.4 is 5.32 Å². The van der Waals surface area contributed by atoms with Gasteiger partial charge < -0.3 is 15.5 Å². The van der Waals surface area contributed by atoms with Gasteiger partial charge in [0.1, 0.15) is 0 Å². The van der Waals surface area contributed by atoms with Gasteiger partial charge in [0, 0.05) is 6.42 Å². The van der Waals surface area contributed by atoms with Crippen LogP contribution in [0.4, 0.5) is 0 Å². The fraction of sp³-hybridized carbons (Fsp3) is 0.958. The molecule has 448 valence electrons. The highest BCUT2D eigenvalue weighted by Gasteiger charge is 2.20. The third-order valence-electron chi connectivity index (χ3n) is 17.0. The number of aliphatic hydroxyl groups excluding tert-OH is 2. The monoisotopic (exact) mass is 1060 g/mol. The summed E-state index contributed by atoms with van der Waals surface area (Å²) in [5, 5.41) is 23.5. The summed E-state index contributed by atoms with van der Waals surface area (Å²) in [6.07, 6.45) is 90.0. The Labute approximate surface area is 473 Å². The van der Waals surface area contributed by atoms with E-state index in [9.17, 15) is 15.0 Å². The minimum absolute atomic E-state index is 0.0202. The molecule has 0 fully saturated rings. The molecule has 0 bridgehead atoms. The van der Waals surface area contributed by atoms with Crippen LogP contribution >= 0.6 is 0 Å². The number of hydrogen-bond donors (Lipinski definition) is 3. The van der Waals surface area contributed by atoms with Crippen molar-refractivity contribution in [2.24, 2.45) is 0 Å². The zero-order valence-electron chi connectivity index (χ0n) is 51.9. The summed E-state index contributed by atoms with van der Waals surface area (Å²) in [4.78, 5) is 12.6. The summed E-state index contributed by atoms with van der Waals surface area (Å²) in [5.41, 5.74) is 0. The fourth-order valence-electron chi connectivity index (χ4n) is 11.7. The largest absolute Gasteiger partial charge is 0.394 e. The van der Waals surface area contributed by atoms with Crippen LogP contribution in [0.25, 0.3) is 0 Å². The van der Waals surface area contributed by atoms with Crippen molar-refractivity contribution >= 4 is 5.91 Å². The van der Waals surface area contributed by atoms with E-state index in [1.165, 1.54) is 366 Å². The van der Waals surface area contributed by atoms with Gasteiger partial charge in [-0.05, 0) is 38.5 Å². The molecule has 0 aliphatic heterocycles. The highest BCUT2D eigenvalue weighted by Crippen LogP contribution is 2.20. The number of hydrogen-bond acceptors (Lipinski definition) is 3. The maximum Gasteiger partial charge on any atom is 0.220 e. The van der Waals surface area contributed by atoms with E-state index in [0.29, 0.717) is 12.8 Å². The van der Waals surface area contributed by atoms with Gasteiger partial charge in [-0.2, -0.15) is 0 Å². The predicted octanol–water partition coefficient (Wildman–Crippen LogP) is 24.0. The molecule has 0 saturated heterocycles. The molecule has 0 aliphatic rings. The first-order valence-corrected chi connectivity index (χ1v) is 35.4. The van der Waals surface area contributed by atoms with Crippen molar-refractivity contribution in [3.8, 4) is 0 Å². The van der Waals surface area contributed by atoms with E-state index in [4.69, 9.17) is 0 Å². The van der Waals surface area contributed by atoms with E-state index >= 15 is 0 Å². The van der Waals surface area contributed by atoms with Crippen molar-refractivity contribution in [3.05, 3.63) is 12.2 Å². The van der Waals surface area contributed by atoms with Crippen LogP contribution in [0.15, 0.2) is 12.2 Å². The van der Waals surface area contributed by atoms with Crippen LogP contribution in [0.1, 0.15) is 418 Å². The molecule has 0 radical (unpaired) electrons. The van der Waals surface area contributed by atoms with E-state index in [2.05, 4.69) is 31.3 Å². The smallest absolute Gasteiger partial charge is 0.220 e. The average Bonchev–Trinajstić information content (AvgIpc) is 3.41. The van der Waals surface area contributed by atoms with Gasteiger partial charge in [-0.1, -0.05) is 386 Å². The van der Waals surface area contributed by atoms with Gasteiger partial charge in [0.2, 0.25) is 5.91 Å². The number of rotatable bonds is 67. The molecule has 2 unspecified atom stereocenters. The summed E-state index contributed by atoms with van der Waals surface area (Å²) < 4.78 is 0. The highest BCUT2D eigenvalue weighted by molar-refractivity contribution is 5.76. The number of nitrogens with one attached hydrogen (secondary N) is 1. The van der Waals surface area contributed by atoms with E-state index in [1.807, 2.05) is 0 Å². The van der Waals surface area contributed by atoms with Crippen LogP contribution in [-0.4, -0.2) is 34.9 Å². The first-order valence-electron chi connectivity index (χ1n) is 35.4. The Morgan fingerprint density at radius 3 is 0.733 bits per heavy atom. The summed E-state index contributed by atoms with van der Waals surface area (Å²) in [7, 11) is 0. The van der Waals surface area contributed by atoms with Crippen LogP contribution in [0.2, 0.25) is 0 Å². The minimum Gasteiger partial charge on any atom is -0.394 e. The standard InChI is InChI=1S/C71H141NO3/c1-3-5-7-9-11-13-15-17-19-21-23-25-27-29-30-31-32-33-34-35-36-37-38-39-40-41-42-43-45-47-49-51-53-55-57-59-61-63-65-67-71(75)72-69(68-73)70(74)66-64-62-60-58-56-54-52-50-48-46-44-28-26-24-22-20-18-16-14-12-10-8-6-4-2/h21,23,69-70,73-74H,3-20,22,24-68H2,1-2H3,(H,72,75)/b23-21-. The Morgan fingerprint density at radius 1 is 0.307 bits per heavy atom. The molecule has 0 spiro atoms. The van der Waals surface area contributed by atoms with E-state index in [1.54, 1.807) is 0 Å². The zero-order chi connectivity index (χ0) is 54.1. The fourth-order valence-corrected chi connectivity index (χ4v) is 11.7. The van der Waals surface area contributed by atoms with Gasteiger partial charge in [-0.15, -0.1) is 0 Å². The van der Waals surface area contributed by atoms with Crippen molar-refractivity contribution in [2.75, 3.05) is 6.61 Å². The van der Waals surface area contributed by atoms with E-state index in [-0.39, 0.29) is 12.5 Å². The Balaban J connectivity index is 3.35. The minimum atomic E-state index is -0.657. The first kappa shape index (κ1) is 74.1. The third kappa shape index (κ3) is 63.8. The SMILES string of the molecule is CCCCCCCCCC/C=C\CCCCCCCCCCCCCCCCCCCCCCCCCCCCCC(=O)NC(CO)C(O)CCCCCCCCCCCCCCCCCCCCCCCCCC. The Hall–Kier alpha value is -0.870. The normalized spacial score (nSPS) is 12.6.